The van der Waals surface area contributed by atoms with E-state index in [1.165, 1.54) is 22.7 Å². The molecule has 3 aromatic carbocycles. The summed E-state index contributed by atoms with van der Waals surface area (Å²) in [6.07, 6.45) is 3.32. The topological polar surface area (TPSA) is 115 Å². The van der Waals surface area contributed by atoms with Gasteiger partial charge in [0.2, 0.25) is 10.0 Å². The van der Waals surface area contributed by atoms with E-state index >= 15 is 0 Å². The molecule has 1 aliphatic heterocycles. The number of benzene rings is 3. The van der Waals surface area contributed by atoms with Gasteiger partial charge >= 0.3 is 0 Å². The first-order valence-electron chi connectivity index (χ1n) is 12.9. The van der Waals surface area contributed by atoms with Crippen molar-refractivity contribution in [2.45, 2.75) is 18.7 Å². The van der Waals surface area contributed by atoms with Gasteiger partial charge in [-0.25, -0.2) is 18.5 Å². The van der Waals surface area contributed by atoms with Crippen molar-refractivity contribution < 1.29 is 22.7 Å². The van der Waals surface area contributed by atoms with Gasteiger partial charge in [-0.05, 0) is 48.5 Å². The van der Waals surface area contributed by atoms with Gasteiger partial charge in [-0.1, -0.05) is 38.1 Å². The zero-order valence-electron chi connectivity index (χ0n) is 22.1. The molecule has 4 aromatic rings. The zero-order chi connectivity index (χ0) is 28.1. The van der Waals surface area contributed by atoms with Gasteiger partial charge in [0, 0.05) is 36.0 Å². The predicted molar refractivity (Wildman–Crippen MR) is 152 cm³/mol. The molecular weight excluding hydrogens is 530 g/mol. The van der Waals surface area contributed by atoms with Crippen LogP contribution in [0.15, 0.2) is 89.0 Å². The number of carbonyl (C=O) groups is 1. The fourth-order valence-electron chi connectivity index (χ4n) is 4.35. The van der Waals surface area contributed by atoms with E-state index < -0.39 is 15.9 Å². The SMILES string of the molecule is CCN(CC)S(=O)(=O)c1cccc(C(=O)N/N=C/c2cn(-c3ccccc3)nc2-c2ccc3c(c2)OCCO3)c1. The van der Waals surface area contributed by atoms with E-state index in [9.17, 15) is 13.2 Å². The van der Waals surface area contributed by atoms with E-state index in [4.69, 9.17) is 14.6 Å². The van der Waals surface area contributed by atoms with Crippen LogP contribution in [0.3, 0.4) is 0 Å². The fourth-order valence-corrected chi connectivity index (χ4v) is 5.85. The largest absolute Gasteiger partial charge is 0.486 e. The van der Waals surface area contributed by atoms with Crippen LogP contribution in [-0.2, 0) is 10.0 Å². The summed E-state index contributed by atoms with van der Waals surface area (Å²) < 4.78 is 40.2. The number of nitrogens with zero attached hydrogens (tertiary/aromatic N) is 4. The molecule has 10 nitrogen and oxygen atoms in total. The number of hydrogen-bond acceptors (Lipinski definition) is 7. The first-order chi connectivity index (χ1) is 19.4. The second-order valence-electron chi connectivity index (χ2n) is 8.89. The predicted octanol–water partition coefficient (Wildman–Crippen LogP) is 4.10. The van der Waals surface area contributed by atoms with Crippen molar-refractivity contribution in [3.63, 3.8) is 0 Å². The monoisotopic (exact) mass is 559 g/mol. The highest BCUT2D eigenvalue weighted by Crippen LogP contribution is 2.35. The quantitative estimate of drug-likeness (QED) is 0.244. The van der Waals surface area contributed by atoms with Crippen molar-refractivity contribution in [3.8, 4) is 28.4 Å². The van der Waals surface area contributed by atoms with Gasteiger partial charge in [0.05, 0.1) is 16.8 Å². The van der Waals surface area contributed by atoms with Gasteiger partial charge in [0.25, 0.3) is 5.91 Å². The number of sulfonamides is 1. The Labute approximate surface area is 232 Å². The van der Waals surface area contributed by atoms with Crippen molar-refractivity contribution in [2.75, 3.05) is 26.3 Å². The summed E-state index contributed by atoms with van der Waals surface area (Å²) in [5.41, 5.74) is 5.61. The highest BCUT2D eigenvalue weighted by Gasteiger charge is 2.22. The summed E-state index contributed by atoms with van der Waals surface area (Å²) in [5.74, 6) is 0.767. The first-order valence-corrected chi connectivity index (χ1v) is 14.3. The second-order valence-corrected chi connectivity index (χ2v) is 10.8. The number of para-hydroxylation sites is 1. The molecule has 40 heavy (non-hydrogen) atoms. The fraction of sp³-hybridized carbons (Fsp3) is 0.207. The average molecular weight is 560 g/mol. The van der Waals surface area contributed by atoms with E-state index in [0.29, 0.717) is 49.1 Å². The third kappa shape index (κ3) is 5.61. The van der Waals surface area contributed by atoms with Crippen LogP contribution in [0.25, 0.3) is 16.9 Å². The Kier molecular flexibility index (Phi) is 7.94. The van der Waals surface area contributed by atoms with Crippen LogP contribution in [0.4, 0.5) is 0 Å². The Morgan fingerprint density at radius 2 is 1.75 bits per heavy atom. The smallest absolute Gasteiger partial charge is 0.271 e. The van der Waals surface area contributed by atoms with Crippen molar-refractivity contribution in [3.05, 3.63) is 90.1 Å². The number of nitrogens with one attached hydrogen (secondary N) is 1. The maximum absolute atomic E-state index is 12.9. The lowest BCUT2D eigenvalue weighted by molar-refractivity contribution is 0.0955. The number of fused-ring (bicyclic) bond motifs is 1. The van der Waals surface area contributed by atoms with Crippen LogP contribution in [0.1, 0.15) is 29.8 Å². The second kappa shape index (κ2) is 11.7. The highest BCUT2D eigenvalue weighted by molar-refractivity contribution is 7.89. The summed E-state index contributed by atoms with van der Waals surface area (Å²) in [5, 5.41) is 8.94. The minimum atomic E-state index is -3.70. The van der Waals surface area contributed by atoms with Crippen molar-refractivity contribution >= 4 is 22.1 Å². The van der Waals surface area contributed by atoms with Gasteiger partial charge in [0.1, 0.15) is 18.9 Å². The molecule has 0 unspecified atom stereocenters. The lowest BCUT2D eigenvalue weighted by atomic mass is 10.1. The molecule has 1 amide bonds. The van der Waals surface area contributed by atoms with Crippen molar-refractivity contribution in [2.24, 2.45) is 5.10 Å². The standard InChI is InChI=1S/C29H29N5O5S/c1-3-33(4-2)40(36,37)25-12-8-9-22(17-25)29(35)31-30-19-23-20-34(24-10-6-5-7-11-24)32-28(23)21-13-14-26-27(18-21)39-16-15-38-26/h5-14,17-20H,3-4,15-16H2,1-2H3,(H,31,35)/b30-19+. The third-order valence-electron chi connectivity index (χ3n) is 6.39. The Hall–Kier alpha value is -4.48. The maximum Gasteiger partial charge on any atom is 0.271 e. The molecule has 1 aromatic heterocycles. The number of aromatic nitrogens is 2. The molecule has 0 spiro atoms. The normalized spacial score (nSPS) is 13.1. The van der Waals surface area contributed by atoms with Gasteiger partial charge in [-0.2, -0.15) is 14.5 Å². The summed E-state index contributed by atoms with van der Waals surface area (Å²) in [4.78, 5) is 12.9. The molecule has 5 rings (SSSR count). The molecule has 1 aliphatic rings. The van der Waals surface area contributed by atoms with Crippen LogP contribution in [0, 0.1) is 0 Å². The Morgan fingerprint density at radius 3 is 2.50 bits per heavy atom. The Balaban J connectivity index is 1.42. The van der Waals surface area contributed by atoms with Gasteiger partial charge in [-0.3, -0.25) is 4.79 Å². The van der Waals surface area contributed by atoms with Crippen LogP contribution >= 0.6 is 0 Å². The lowest BCUT2D eigenvalue weighted by Gasteiger charge is -2.18. The maximum atomic E-state index is 12.9. The molecule has 0 aliphatic carbocycles. The van der Waals surface area contributed by atoms with Gasteiger partial charge < -0.3 is 9.47 Å². The van der Waals surface area contributed by atoms with Crippen molar-refractivity contribution in [1.82, 2.24) is 19.5 Å². The van der Waals surface area contributed by atoms with Crippen LogP contribution < -0.4 is 14.9 Å². The molecule has 0 fully saturated rings. The summed E-state index contributed by atoms with van der Waals surface area (Å²) in [6, 6.07) is 21.1. The van der Waals surface area contributed by atoms with E-state index in [1.807, 2.05) is 54.7 Å². The molecule has 206 valence electrons. The Morgan fingerprint density at radius 1 is 1.00 bits per heavy atom. The molecule has 11 heteroatoms. The molecule has 0 atom stereocenters. The first kappa shape index (κ1) is 27.1. The summed E-state index contributed by atoms with van der Waals surface area (Å²) >= 11 is 0. The molecule has 0 radical (unpaired) electrons. The number of carbonyl (C=O) groups excluding carboxylic acids is 1. The Bertz CT molecular complexity index is 1650. The minimum Gasteiger partial charge on any atom is -0.486 e. The van der Waals surface area contributed by atoms with Gasteiger partial charge in [-0.15, -0.1) is 0 Å². The molecule has 1 N–H and O–H groups in total. The van der Waals surface area contributed by atoms with E-state index in [-0.39, 0.29) is 10.5 Å². The zero-order valence-corrected chi connectivity index (χ0v) is 23.0. The van der Waals surface area contributed by atoms with E-state index in [2.05, 4.69) is 10.5 Å². The van der Waals surface area contributed by atoms with Crippen LogP contribution in [0.2, 0.25) is 0 Å². The molecule has 0 bridgehead atoms. The average Bonchev–Trinajstić information content (AvgIpc) is 3.42. The van der Waals surface area contributed by atoms with Crippen molar-refractivity contribution in [1.29, 1.82) is 0 Å². The summed E-state index contributed by atoms with van der Waals surface area (Å²) in [7, 11) is -3.70. The molecule has 2 heterocycles. The van der Waals surface area contributed by atoms with E-state index in [0.717, 1.165) is 11.3 Å². The van der Waals surface area contributed by atoms with Gasteiger partial charge in [0.15, 0.2) is 11.5 Å². The molecule has 0 saturated heterocycles. The van der Waals surface area contributed by atoms with E-state index in [1.54, 1.807) is 30.7 Å². The number of rotatable bonds is 9. The number of ether oxygens (including phenoxy) is 2. The number of amides is 1. The molecule has 0 saturated carbocycles. The summed E-state index contributed by atoms with van der Waals surface area (Å²) in [6.45, 7) is 5.17. The van der Waals surface area contributed by atoms with Crippen LogP contribution in [-0.4, -0.2) is 60.9 Å². The number of hydrazone groups is 1. The minimum absolute atomic E-state index is 0.0536. The lowest BCUT2D eigenvalue weighted by Crippen LogP contribution is -2.30. The highest BCUT2D eigenvalue weighted by atomic mass is 32.2. The molecular formula is C29H29N5O5S. The van der Waals surface area contributed by atoms with Crippen LogP contribution in [0.5, 0.6) is 11.5 Å². The number of hydrogen-bond donors (Lipinski definition) is 1. The third-order valence-corrected chi connectivity index (χ3v) is 8.43.